The highest BCUT2D eigenvalue weighted by molar-refractivity contribution is 4.88. The van der Waals surface area contributed by atoms with Gasteiger partial charge in [-0.25, -0.2) is 0 Å². The van der Waals surface area contributed by atoms with Gasteiger partial charge in [-0.3, -0.25) is 4.90 Å². The van der Waals surface area contributed by atoms with Gasteiger partial charge in [-0.05, 0) is 19.8 Å². The molecule has 84 valence electrons. The Bertz CT molecular complexity index is 169. The van der Waals surface area contributed by atoms with Gasteiger partial charge in [-0.1, -0.05) is 13.8 Å². The van der Waals surface area contributed by atoms with E-state index in [-0.39, 0.29) is 5.54 Å². The standard InChI is InChI=1S/C11H24N2O/c1-4-10-8-13(6-7-14-10)11(3,5-2)9-12/h10H,4-9,12H2,1-3H3. The molecule has 0 radical (unpaired) electrons. The molecule has 2 unspecified atom stereocenters. The van der Waals surface area contributed by atoms with Crippen LogP contribution in [-0.4, -0.2) is 42.8 Å². The van der Waals surface area contributed by atoms with Crippen molar-refractivity contribution in [2.24, 2.45) is 5.73 Å². The van der Waals surface area contributed by atoms with Gasteiger partial charge in [-0.2, -0.15) is 0 Å². The van der Waals surface area contributed by atoms with Crippen molar-refractivity contribution in [2.45, 2.75) is 45.3 Å². The fourth-order valence-electron chi connectivity index (χ4n) is 1.95. The Hall–Kier alpha value is -0.120. The molecule has 0 aromatic heterocycles. The minimum Gasteiger partial charge on any atom is -0.376 e. The summed E-state index contributed by atoms with van der Waals surface area (Å²) in [6.45, 7) is 10.3. The molecule has 0 saturated carbocycles. The third kappa shape index (κ3) is 2.47. The molecule has 14 heavy (non-hydrogen) atoms. The summed E-state index contributed by atoms with van der Waals surface area (Å²) < 4.78 is 5.66. The zero-order valence-corrected chi connectivity index (χ0v) is 9.75. The highest BCUT2D eigenvalue weighted by Gasteiger charge is 2.32. The summed E-state index contributed by atoms with van der Waals surface area (Å²) in [5.41, 5.74) is 6.02. The average molecular weight is 200 g/mol. The third-order valence-electron chi connectivity index (χ3n) is 3.56. The second-order valence-corrected chi connectivity index (χ2v) is 4.40. The van der Waals surface area contributed by atoms with Crippen molar-refractivity contribution in [1.29, 1.82) is 0 Å². The molecular formula is C11H24N2O. The molecule has 0 amide bonds. The molecule has 2 atom stereocenters. The number of ether oxygens (including phenoxy) is 1. The summed E-state index contributed by atoms with van der Waals surface area (Å²) in [6.07, 6.45) is 2.61. The first kappa shape index (κ1) is 12.0. The fourth-order valence-corrected chi connectivity index (χ4v) is 1.95. The molecule has 1 saturated heterocycles. The van der Waals surface area contributed by atoms with Crippen LogP contribution in [0, 0.1) is 0 Å². The molecule has 1 fully saturated rings. The van der Waals surface area contributed by atoms with E-state index >= 15 is 0 Å². The lowest BCUT2D eigenvalue weighted by Gasteiger charge is -2.44. The van der Waals surface area contributed by atoms with Crippen LogP contribution in [-0.2, 0) is 4.74 Å². The van der Waals surface area contributed by atoms with Crippen LogP contribution in [0.4, 0.5) is 0 Å². The highest BCUT2D eigenvalue weighted by atomic mass is 16.5. The van der Waals surface area contributed by atoms with Crippen LogP contribution in [0.5, 0.6) is 0 Å². The first-order chi connectivity index (χ1) is 6.66. The van der Waals surface area contributed by atoms with Gasteiger partial charge in [0.15, 0.2) is 0 Å². The number of nitrogens with zero attached hydrogens (tertiary/aromatic N) is 1. The normalized spacial score (nSPS) is 28.7. The van der Waals surface area contributed by atoms with E-state index in [1.807, 2.05) is 0 Å². The average Bonchev–Trinajstić information content (AvgIpc) is 2.28. The lowest BCUT2D eigenvalue weighted by Crippen LogP contribution is -2.57. The molecule has 0 aromatic carbocycles. The Morgan fingerprint density at radius 2 is 2.21 bits per heavy atom. The quantitative estimate of drug-likeness (QED) is 0.741. The van der Waals surface area contributed by atoms with Gasteiger partial charge in [0.1, 0.15) is 0 Å². The van der Waals surface area contributed by atoms with Crippen LogP contribution in [0.2, 0.25) is 0 Å². The summed E-state index contributed by atoms with van der Waals surface area (Å²) in [5.74, 6) is 0. The van der Waals surface area contributed by atoms with Crippen LogP contribution in [0.3, 0.4) is 0 Å². The van der Waals surface area contributed by atoms with Crippen molar-refractivity contribution in [3.8, 4) is 0 Å². The molecular weight excluding hydrogens is 176 g/mol. The molecule has 0 aliphatic carbocycles. The van der Waals surface area contributed by atoms with Gasteiger partial charge in [0, 0.05) is 25.2 Å². The molecule has 1 aliphatic heterocycles. The Labute approximate surface area is 87.6 Å². The van der Waals surface area contributed by atoms with E-state index in [1.165, 1.54) is 0 Å². The highest BCUT2D eigenvalue weighted by Crippen LogP contribution is 2.21. The van der Waals surface area contributed by atoms with Crippen LogP contribution in [0.25, 0.3) is 0 Å². The SMILES string of the molecule is CCC1CN(C(C)(CC)CN)CCO1. The maximum absolute atomic E-state index is 5.85. The van der Waals surface area contributed by atoms with Crippen molar-refractivity contribution in [3.05, 3.63) is 0 Å². The van der Waals surface area contributed by atoms with Crippen molar-refractivity contribution in [1.82, 2.24) is 4.90 Å². The first-order valence-electron chi connectivity index (χ1n) is 5.73. The largest absolute Gasteiger partial charge is 0.376 e. The van der Waals surface area contributed by atoms with Crippen LogP contribution < -0.4 is 5.73 Å². The summed E-state index contributed by atoms with van der Waals surface area (Å²) in [6, 6.07) is 0. The van der Waals surface area contributed by atoms with Crippen molar-refractivity contribution in [2.75, 3.05) is 26.2 Å². The Balaban J connectivity index is 2.57. The van der Waals surface area contributed by atoms with E-state index in [9.17, 15) is 0 Å². The van der Waals surface area contributed by atoms with Crippen molar-refractivity contribution >= 4 is 0 Å². The molecule has 0 spiro atoms. The van der Waals surface area contributed by atoms with Crippen LogP contribution >= 0.6 is 0 Å². The van der Waals surface area contributed by atoms with Gasteiger partial charge in [-0.15, -0.1) is 0 Å². The van der Waals surface area contributed by atoms with Gasteiger partial charge in [0.25, 0.3) is 0 Å². The summed E-state index contributed by atoms with van der Waals surface area (Å²) in [4.78, 5) is 2.49. The molecule has 2 N–H and O–H groups in total. The predicted octanol–water partition coefficient (Wildman–Crippen LogP) is 1.22. The number of hydrogen-bond acceptors (Lipinski definition) is 3. The monoisotopic (exact) mass is 200 g/mol. The van der Waals surface area contributed by atoms with E-state index in [0.717, 1.165) is 39.1 Å². The maximum atomic E-state index is 5.85. The maximum Gasteiger partial charge on any atom is 0.0700 e. The van der Waals surface area contributed by atoms with E-state index in [4.69, 9.17) is 10.5 Å². The zero-order chi connectivity index (χ0) is 10.6. The van der Waals surface area contributed by atoms with E-state index < -0.39 is 0 Å². The molecule has 3 heteroatoms. The van der Waals surface area contributed by atoms with Crippen LogP contribution in [0.1, 0.15) is 33.6 Å². The summed E-state index contributed by atoms with van der Waals surface area (Å²) >= 11 is 0. The second-order valence-electron chi connectivity index (χ2n) is 4.40. The Morgan fingerprint density at radius 3 is 2.71 bits per heavy atom. The van der Waals surface area contributed by atoms with E-state index in [2.05, 4.69) is 25.7 Å². The van der Waals surface area contributed by atoms with Crippen LogP contribution in [0.15, 0.2) is 0 Å². The number of nitrogens with two attached hydrogens (primary N) is 1. The molecule has 1 rings (SSSR count). The molecule has 0 aromatic rings. The summed E-state index contributed by atoms with van der Waals surface area (Å²) in [7, 11) is 0. The minimum absolute atomic E-state index is 0.164. The first-order valence-corrected chi connectivity index (χ1v) is 5.73. The third-order valence-corrected chi connectivity index (χ3v) is 3.56. The van der Waals surface area contributed by atoms with Gasteiger partial charge < -0.3 is 10.5 Å². The lowest BCUT2D eigenvalue weighted by molar-refractivity contribution is -0.0657. The molecule has 3 nitrogen and oxygen atoms in total. The molecule has 1 aliphatic rings. The van der Waals surface area contributed by atoms with Gasteiger partial charge in [0.05, 0.1) is 12.7 Å². The number of rotatable bonds is 4. The zero-order valence-electron chi connectivity index (χ0n) is 9.75. The van der Waals surface area contributed by atoms with Gasteiger partial charge in [0.2, 0.25) is 0 Å². The Morgan fingerprint density at radius 1 is 1.50 bits per heavy atom. The molecule has 0 bridgehead atoms. The van der Waals surface area contributed by atoms with E-state index in [1.54, 1.807) is 0 Å². The summed E-state index contributed by atoms with van der Waals surface area (Å²) in [5, 5.41) is 0. The van der Waals surface area contributed by atoms with Crippen molar-refractivity contribution in [3.63, 3.8) is 0 Å². The number of hydrogen-bond donors (Lipinski definition) is 1. The Kier molecular flexibility index (Phi) is 4.35. The number of morpholine rings is 1. The molecule has 1 heterocycles. The fraction of sp³-hybridized carbons (Fsp3) is 1.00. The van der Waals surface area contributed by atoms with Crippen molar-refractivity contribution < 1.29 is 4.74 Å². The second kappa shape index (κ2) is 5.10. The van der Waals surface area contributed by atoms with Gasteiger partial charge >= 0.3 is 0 Å². The predicted molar refractivity (Wildman–Crippen MR) is 59.4 cm³/mol. The smallest absolute Gasteiger partial charge is 0.0700 e. The topological polar surface area (TPSA) is 38.5 Å². The lowest BCUT2D eigenvalue weighted by atomic mass is 9.95. The van der Waals surface area contributed by atoms with E-state index in [0.29, 0.717) is 6.10 Å². The minimum atomic E-state index is 0.164.